The van der Waals surface area contributed by atoms with Gasteiger partial charge >= 0.3 is 0 Å². The monoisotopic (exact) mass is 275 g/mol. The van der Waals surface area contributed by atoms with Crippen LogP contribution in [-0.2, 0) is 13.0 Å². The van der Waals surface area contributed by atoms with Crippen LogP contribution >= 0.6 is 0 Å². The Bertz CT molecular complexity index is 810. The third kappa shape index (κ3) is 2.15. The maximum Gasteiger partial charge on any atom is 0.140 e. The van der Waals surface area contributed by atoms with Gasteiger partial charge in [-0.05, 0) is 36.6 Å². The third-order valence-electron chi connectivity index (χ3n) is 4.20. The highest BCUT2D eigenvalue weighted by atomic mass is 15.2. The average molecular weight is 275 g/mol. The third-order valence-corrected chi connectivity index (χ3v) is 4.20. The highest BCUT2D eigenvalue weighted by Crippen LogP contribution is 2.28. The summed E-state index contributed by atoms with van der Waals surface area (Å²) in [5.74, 6) is 1.05. The van der Waals surface area contributed by atoms with Gasteiger partial charge in [0, 0.05) is 18.5 Å². The van der Waals surface area contributed by atoms with Gasteiger partial charge in [-0.25, -0.2) is 9.97 Å². The van der Waals surface area contributed by atoms with E-state index >= 15 is 0 Å². The molecule has 0 fully saturated rings. The molecule has 0 saturated carbocycles. The summed E-state index contributed by atoms with van der Waals surface area (Å²) in [4.78, 5) is 11.3. The zero-order chi connectivity index (χ0) is 14.2. The van der Waals surface area contributed by atoms with Crippen LogP contribution in [0.5, 0.6) is 0 Å². The zero-order valence-electron chi connectivity index (χ0n) is 12.1. The molecule has 1 aliphatic rings. The predicted molar refractivity (Wildman–Crippen MR) is 85.5 cm³/mol. The van der Waals surface area contributed by atoms with Crippen LogP contribution in [0.4, 0.5) is 5.82 Å². The molecular formula is C18H17N3. The molecule has 0 saturated heterocycles. The van der Waals surface area contributed by atoms with Crippen molar-refractivity contribution in [2.45, 2.75) is 19.9 Å². The summed E-state index contributed by atoms with van der Waals surface area (Å²) in [7, 11) is 0. The standard InChI is InChI=1S/C18H17N3/c1-13-6-7-17-16(10-13)18(20-12-19-17)21-9-8-14-4-2-3-5-15(14)11-21/h2-7,10,12H,8-9,11H2,1H3. The van der Waals surface area contributed by atoms with Crippen LogP contribution in [-0.4, -0.2) is 16.5 Å². The number of nitrogens with zero attached hydrogens (tertiary/aromatic N) is 3. The number of fused-ring (bicyclic) bond motifs is 2. The molecule has 0 N–H and O–H groups in total. The Kier molecular flexibility index (Phi) is 2.85. The minimum atomic E-state index is 0.927. The molecule has 0 bridgehead atoms. The first kappa shape index (κ1) is 12.3. The Hall–Kier alpha value is -2.42. The molecule has 2 aromatic carbocycles. The number of hydrogen-bond donors (Lipinski definition) is 0. The van der Waals surface area contributed by atoms with Crippen molar-refractivity contribution in [1.29, 1.82) is 0 Å². The number of benzene rings is 2. The molecule has 3 heteroatoms. The van der Waals surface area contributed by atoms with Gasteiger partial charge in [-0.3, -0.25) is 0 Å². The summed E-state index contributed by atoms with van der Waals surface area (Å²) in [6, 6.07) is 15.1. The van der Waals surface area contributed by atoms with Crippen molar-refractivity contribution in [3.63, 3.8) is 0 Å². The van der Waals surface area contributed by atoms with Crippen molar-refractivity contribution in [2.75, 3.05) is 11.4 Å². The van der Waals surface area contributed by atoms with Crippen molar-refractivity contribution in [2.24, 2.45) is 0 Å². The number of aryl methyl sites for hydroxylation is 1. The van der Waals surface area contributed by atoms with E-state index in [2.05, 4.69) is 64.3 Å². The number of aromatic nitrogens is 2. The maximum absolute atomic E-state index is 4.56. The summed E-state index contributed by atoms with van der Waals surface area (Å²) < 4.78 is 0. The number of anilines is 1. The summed E-state index contributed by atoms with van der Waals surface area (Å²) in [6.45, 7) is 4.05. The lowest BCUT2D eigenvalue weighted by molar-refractivity contribution is 0.723. The largest absolute Gasteiger partial charge is 0.351 e. The van der Waals surface area contributed by atoms with Crippen LogP contribution in [0.3, 0.4) is 0 Å². The average Bonchev–Trinajstić information content (AvgIpc) is 2.54. The van der Waals surface area contributed by atoms with E-state index in [4.69, 9.17) is 0 Å². The summed E-state index contributed by atoms with van der Waals surface area (Å²) in [5.41, 5.74) is 5.13. The first-order valence-corrected chi connectivity index (χ1v) is 7.34. The maximum atomic E-state index is 4.56. The van der Waals surface area contributed by atoms with Crippen molar-refractivity contribution < 1.29 is 0 Å². The Morgan fingerprint density at radius 1 is 1.00 bits per heavy atom. The molecule has 2 heterocycles. The molecular weight excluding hydrogens is 258 g/mol. The second-order valence-electron chi connectivity index (χ2n) is 5.66. The number of hydrogen-bond acceptors (Lipinski definition) is 3. The van der Waals surface area contributed by atoms with Gasteiger partial charge in [-0.2, -0.15) is 0 Å². The Labute approximate surface area is 124 Å². The molecule has 4 rings (SSSR count). The van der Waals surface area contributed by atoms with Crippen LogP contribution < -0.4 is 4.90 Å². The highest BCUT2D eigenvalue weighted by Gasteiger charge is 2.19. The molecule has 0 unspecified atom stereocenters. The normalized spacial score (nSPS) is 14.2. The molecule has 0 amide bonds. The second-order valence-corrected chi connectivity index (χ2v) is 5.66. The SMILES string of the molecule is Cc1ccc2ncnc(N3CCc4ccccc4C3)c2c1. The van der Waals surface area contributed by atoms with Crippen molar-refractivity contribution in [3.8, 4) is 0 Å². The van der Waals surface area contributed by atoms with E-state index in [9.17, 15) is 0 Å². The lowest BCUT2D eigenvalue weighted by atomic mass is 9.99. The summed E-state index contributed by atoms with van der Waals surface area (Å²) in [6.07, 6.45) is 2.75. The first-order chi connectivity index (χ1) is 10.3. The molecule has 1 aromatic heterocycles. The van der Waals surface area contributed by atoms with E-state index in [1.165, 1.54) is 16.7 Å². The van der Waals surface area contributed by atoms with E-state index in [1.807, 2.05) is 0 Å². The summed E-state index contributed by atoms with van der Waals surface area (Å²) >= 11 is 0. The molecule has 0 radical (unpaired) electrons. The van der Waals surface area contributed by atoms with Crippen LogP contribution in [0.2, 0.25) is 0 Å². The molecule has 3 nitrogen and oxygen atoms in total. The lowest BCUT2D eigenvalue weighted by Crippen LogP contribution is -2.31. The fraction of sp³-hybridized carbons (Fsp3) is 0.222. The number of rotatable bonds is 1. The van der Waals surface area contributed by atoms with Gasteiger partial charge in [-0.1, -0.05) is 35.9 Å². The van der Waals surface area contributed by atoms with Crippen molar-refractivity contribution >= 4 is 16.7 Å². The molecule has 0 spiro atoms. The van der Waals surface area contributed by atoms with Gasteiger partial charge < -0.3 is 4.90 Å². The highest BCUT2D eigenvalue weighted by molar-refractivity contribution is 5.89. The Morgan fingerprint density at radius 2 is 1.86 bits per heavy atom. The van der Waals surface area contributed by atoms with Crippen LogP contribution in [0.25, 0.3) is 10.9 Å². The molecule has 0 aliphatic carbocycles. The van der Waals surface area contributed by atoms with Gasteiger partial charge in [0.25, 0.3) is 0 Å². The molecule has 104 valence electrons. The second kappa shape index (κ2) is 4.85. The smallest absolute Gasteiger partial charge is 0.140 e. The van der Waals surface area contributed by atoms with Gasteiger partial charge in [0.15, 0.2) is 0 Å². The van der Waals surface area contributed by atoms with Crippen molar-refractivity contribution in [1.82, 2.24) is 9.97 Å². The Morgan fingerprint density at radius 3 is 2.76 bits per heavy atom. The summed E-state index contributed by atoms with van der Waals surface area (Å²) in [5, 5.41) is 1.15. The van der Waals surface area contributed by atoms with Gasteiger partial charge in [0.05, 0.1) is 5.52 Å². The molecule has 21 heavy (non-hydrogen) atoms. The minimum Gasteiger partial charge on any atom is -0.351 e. The predicted octanol–water partition coefficient (Wildman–Crippen LogP) is 3.50. The fourth-order valence-electron chi connectivity index (χ4n) is 3.09. The van der Waals surface area contributed by atoms with E-state index < -0.39 is 0 Å². The topological polar surface area (TPSA) is 29.0 Å². The van der Waals surface area contributed by atoms with E-state index in [-0.39, 0.29) is 0 Å². The van der Waals surface area contributed by atoms with E-state index in [1.54, 1.807) is 6.33 Å². The molecule has 1 aliphatic heterocycles. The zero-order valence-corrected chi connectivity index (χ0v) is 12.1. The van der Waals surface area contributed by atoms with E-state index in [0.29, 0.717) is 0 Å². The minimum absolute atomic E-state index is 0.927. The van der Waals surface area contributed by atoms with Gasteiger partial charge in [0.1, 0.15) is 12.1 Å². The van der Waals surface area contributed by atoms with Gasteiger partial charge in [0.2, 0.25) is 0 Å². The van der Waals surface area contributed by atoms with Crippen LogP contribution in [0.1, 0.15) is 16.7 Å². The fourth-order valence-corrected chi connectivity index (χ4v) is 3.09. The first-order valence-electron chi connectivity index (χ1n) is 7.34. The quantitative estimate of drug-likeness (QED) is 0.680. The lowest BCUT2D eigenvalue weighted by Gasteiger charge is -2.30. The van der Waals surface area contributed by atoms with Crippen LogP contribution in [0, 0.1) is 6.92 Å². The van der Waals surface area contributed by atoms with E-state index in [0.717, 1.165) is 36.2 Å². The van der Waals surface area contributed by atoms with Crippen molar-refractivity contribution in [3.05, 3.63) is 65.5 Å². The van der Waals surface area contributed by atoms with Gasteiger partial charge in [-0.15, -0.1) is 0 Å². The Balaban J connectivity index is 1.80. The van der Waals surface area contributed by atoms with Crippen LogP contribution in [0.15, 0.2) is 48.8 Å². The molecule has 3 aromatic rings. The molecule has 0 atom stereocenters.